The highest BCUT2D eigenvalue weighted by Gasteiger charge is 2.12. The molecule has 0 aliphatic heterocycles. The molecule has 0 aliphatic carbocycles. The molecule has 1 atom stereocenters. The van der Waals surface area contributed by atoms with Crippen molar-refractivity contribution in [3.05, 3.63) is 52.3 Å². The Morgan fingerprint density at radius 3 is 2.71 bits per heavy atom. The topological polar surface area (TPSA) is 46.9 Å². The van der Waals surface area contributed by atoms with Crippen LogP contribution in [0.5, 0.6) is 0 Å². The van der Waals surface area contributed by atoms with Crippen molar-refractivity contribution in [2.75, 3.05) is 6.54 Å². The van der Waals surface area contributed by atoms with Crippen LogP contribution in [0.25, 0.3) is 0 Å². The number of hydrogen-bond acceptors (Lipinski definition) is 2. The van der Waals surface area contributed by atoms with Crippen molar-refractivity contribution < 1.29 is 4.79 Å². The van der Waals surface area contributed by atoms with Crippen LogP contribution in [0.4, 0.5) is 0 Å². The highest BCUT2D eigenvalue weighted by atomic mass is 35.5. The second-order valence-electron chi connectivity index (χ2n) is 5.40. The number of carbonyl (C=O) groups is 1. The van der Waals surface area contributed by atoms with E-state index in [2.05, 4.69) is 23.4 Å². The van der Waals surface area contributed by atoms with Gasteiger partial charge in [0, 0.05) is 18.8 Å². The molecule has 112 valence electrons. The average molecular weight is 306 g/mol. The third-order valence-electron chi connectivity index (χ3n) is 3.32. The molecule has 0 saturated heterocycles. The summed E-state index contributed by atoms with van der Waals surface area (Å²) in [6.45, 7) is 7.47. The van der Waals surface area contributed by atoms with Crippen LogP contribution in [-0.2, 0) is 6.54 Å². The number of carbonyl (C=O) groups excluding carboxylic acids is 1. The van der Waals surface area contributed by atoms with Gasteiger partial charge in [0.25, 0.3) is 5.91 Å². The van der Waals surface area contributed by atoms with Gasteiger partial charge in [0.1, 0.15) is 0 Å². The molecule has 0 saturated carbocycles. The van der Waals surface area contributed by atoms with Crippen LogP contribution in [0.3, 0.4) is 0 Å². The molecule has 5 heteroatoms. The van der Waals surface area contributed by atoms with E-state index in [0.717, 1.165) is 17.9 Å². The molecule has 0 spiro atoms. The van der Waals surface area contributed by atoms with Crippen molar-refractivity contribution >= 4 is 17.5 Å². The monoisotopic (exact) mass is 305 g/mol. The summed E-state index contributed by atoms with van der Waals surface area (Å²) in [6, 6.07) is 9.11. The van der Waals surface area contributed by atoms with Gasteiger partial charge in [0.15, 0.2) is 0 Å². The number of aromatic nitrogens is 2. The minimum atomic E-state index is -0.138. The smallest absolute Gasteiger partial charge is 0.252 e. The van der Waals surface area contributed by atoms with Gasteiger partial charge >= 0.3 is 0 Å². The minimum Gasteiger partial charge on any atom is -0.352 e. The largest absolute Gasteiger partial charge is 0.352 e. The lowest BCUT2D eigenvalue weighted by molar-refractivity contribution is 0.0946. The molecule has 1 N–H and O–H groups in total. The van der Waals surface area contributed by atoms with Crippen LogP contribution in [0.2, 0.25) is 5.02 Å². The summed E-state index contributed by atoms with van der Waals surface area (Å²) in [7, 11) is 0. The number of hydrogen-bond donors (Lipinski definition) is 1. The molecule has 0 bridgehead atoms. The number of nitrogens with zero attached hydrogens (tertiary/aromatic N) is 2. The first-order valence-electron chi connectivity index (χ1n) is 7.01. The zero-order valence-electron chi connectivity index (χ0n) is 12.6. The van der Waals surface area contributed by atoms with Crippen LogP contribution in [0.15, 0.2) is 30.3 Å². The SMILES string of the molecule is Cc1cc(C)n(C[C@H](C)CNC(=O)c2ccccc2Cl)n1. The molecule has 0 radical (unpaired) electrons. The first-order valence-corrected chi connectivity index (χ1v) is 7.39. The highest BCUT2D eigenvalue weighted by molar-refractivity contribution is 6.33. The predicted octanol–water partition coefficient (Wildman–Crippen LogP) is 3.22. The third kappa shape index (κ3) is 4.08. The molecule has 4 nitrogen and oxygen atoms in total. The molecule has 1 heterocycles. The predicted molar refractivity (Wildman–Crippen MR) is 84.7 cm³/mol. The Morgan fingerprint density at radius 2 is 2.10 bits per heavy atom. The number of benzene rings is 1. The molecular weight excluding hydrogens is 286 g/mol. The van der Waals surface area contributed by atoms with Crippen LogP contribution in [0, 0.1) is 19.8 Å². The zero-order chi connectivity index (χ0) is 15.4. The summed E-state index contributed by atoms with van der Waals surface area (Å²) >= 11 is 6.01. The summed E-state index contributed by atoms with van der Waals surface area (Å²) in [6.07, 6.45) is 0. The Bertz CT molecular complexity index is 636. The van der Waals surface area contributed by atoms with Crippen molar-refractivity contribution in [3.63, 3.8) is 0 Å². The summed E-state index contributed by atoms with van der Waals surface area (Å²) in [5.74, 6) is 0.148. The van der Waals surface area contributed by atoms with Gasteiger partial charge in [-0.05, 0) is 38.0 Å². The van der Waals surface area contributed by atoms with E-state index in [4.69, 9.17) is 11.6 Å². The van der Waals surface area contributed by atoms with Gasteiger partial charge in [0.2, 0.25) is 0 Å². The summed E-state index contributed by atoms with van der Waals surface area (Å²) < 4.78 is 1.97. The van der Waals surface area contributed by atoms with E-state index >= 15 is 0 Å². The van der Waals surface area contributed by atoms with Crippen LogP contribution < -0.4 is 5.32 Å². The first kappa shape index (κ1) is 15.6. The Labute approximate surface area is 130 Å². The van der Waals surface area contributed by atoms with Gasteiger partial charge in [-0.25, -0.2) is 0 Å². The van der Waals surface area contributed by atoms with E-state index < -0.39 is 0 Å². The first-order chi connectivity index (χ1) is 9.97. The fourth-order valence-electron chi connectivity index (χ4n) is 2.23. The van der Waals surface area contributed by atoms with E-state index in [9.17, 15) is 4.79 Å². The number of halogens is 1. The number of aryl methyl sites for hydroxylation is 2. The van der Waals surface area contributed by atoms with Crippen molar-refractivity contribution in [2.24, 2.45) is 5.92 Å². The lowest BCUT2D eigenvalue weighted by atomic mass is 10.1. The fourth-order valence-corrected chi connectivity index (χ4v) is 2.45. The molecule has 0 aliphatic rings. The molecule has 0 fully saturated rings. The maximum absolute atomic E-state index is 12.1. The lowest BCUT2D eigenvalue weighted by Crippen LogP contribution is -2.30. The Morgan fingerprint density at radius 1 is 1.38 bits per heavy atom. The van der Waals surface area contributed by atoms with Crippen molar-refractivity contribution in [1.29, 1.82) is 0 Å². The molecule has 1 amide bonds. The maximum atomic E-state index is 12.1. The standard InChI is InChI=1S/C16H20ClN3O/c1-11(10-20-13(3)8-12(2)19-20)9-18-16(21)14-6-4-5-7-15(14)17/h4-8,11H,9-10H2,1-3H3,(H,18,21)/t11-/m1/s1. The molecule has 1 aromatic carbocycles. The Balaban J connectivity index is 1.89. The van der Waals surface area contributed by atoms with Crippen molar-refractivity contribution in [1.82, 2.24) is 15.1 Å². The molecule has 2 rings (SSSR count). The molecular formula is C16H20ClN3O. The third-order valence-corrected chi connectivity index (χ3v) is 3.65. The number of nitrogens with one attached hydrogen (secondary N) is 1. The van der Waals surface area contributed by atoms with Gasteiger partial charge in [-0.3, -0.25) is 9.48 Å². The van der Waals surface area contributed by atoms with Crippen molar-refractivity contribution in [3.8, 4) is 0 Å². The second kappa shape index (κ2) is 6.76. The van der Waals surface area contributed by atoms with E-state index in [1.807, 2.05) is 24.6 Å². The van der Waals surface area contributed by atoms with Crippen LogP contribution >= 0.6 is 11.6 Å². The van der Waals surface area contributed by atoms with E-state index in [-0.39, 0.29) is 11.8 Å². The molecule has 1 aromatic heterocycles. The maximum Gasteiger partial charge on any atom is 0.252 e. The Kier molecular flexibility index (Phi) is 5.02. The Hall–Kier alpha value is -1.81. The van der Waals surface area contributed by atoms with E-state index in [1.54, 1.807) is 18.2 Å². The number of rotatable bonds is 5. The molecule has 21 heavy (non-hydrogen) atoms. The second-order valence-corrected chi connectivity index (χ2v) is 5.81. The summed E-state index contributed by atoms with van der Waals surface area (Å²) in [5.41, 5.74) is 2.66. The zero-order valence-corrected chi connectivity index (χ0v) is 13.3. The van der Waals surface area contributed by atoms with Crippen molar-refractivity contribution in [2.45, 2.75) is 27.3 Å². The normalized spacial score (nSPS) is 12.2. The summed E-state index contributed by atoms with van der Waals surface area (Å²) in [5, 5.41) is 7.83. The highest BCUT2D eigenvalue weighted by Crippen LogP contribution is 2.14. The molecule has 0 unspecified atom stereocenters. The van der Waals surface area contributed by atoms with E-state index in [0.29, 0.717) is 17.1 Å². The lowest BCUT2D eigenvalue weighted by Gasteiger charge is -2.14. The minimum absolute atomic E-state index is 0.138. The van der Waals surface area contributed by atoms with Gasteiger partial charge in [-0.2, -0.15) is 5.10 Å². The fraction of sp³-hybridized carbons (Fsp3) is 0.375. The van der Waals surface area contributed by atoms with E-state index in [1.165, 1.54) is 0 Å². The van der Waals surface area contributed by atoms with Crippen LogP contribution in [-0.4, -0.2) is 22.2 Å². The van der Waals surface area contributed by atoms with Gasteiger partial charge < -0.3 is 5.32 Å². The van der Waals surface area contributed by atoms with Gasteiger partial charge in [0.05, 0.1) is 16.3 Å². The van der Waals surface area contributed by atoms with Gasteiger partial charge in [-0.1, -0.05) is 30.7 Å². The van der Waals surface area contributed by atoms with Gasteiger partial charge in [-0.15, -0.1) is 0 Å². The molecule has 2 aromatic rings. The average Bonchev–Trinajstić information content (AvgIpc) is 2.74. The van der Waals surface area contributed by atoms with Crippen LogP contribution in [0.1, 0.15) is 28.7 Å². The number of amides is 1. The summed E-state index contributed by atoms with van der Waals surface area (Å²) in [4.78, 5) is 12.1. The quantitative estimate of drug-likeness (QED) is 0.922.